The molecule has 0 bridgehead atoms. The van der Waals surface area contributed by atoms with Gasteiger partial charge < -0.3 is 26.1 Å². The van der Waals surface area contributed by atoms with E-state index in [1.54, 1.807) is 0 Å². The fourth-order valence-corrected chi connectivity index (χ4v) is 5.52. The van der Waals surface area contributed by atoms with E-state index in [4.69, 9.17) is 15.6 Å². The van der Waals surface area contributed by atoms with E-state index in [-0.39, 0.29) is 33.0 Å². The quantitative estimate of drug-likeness (QED) is 0.132. The molecule has 4 rings (SSSR count). The first kappa shape index (κ1) is 25.4. The Morgan fingerprint density at radius 2 is 2.11 bits per heavy atom. The van der Waals surface area contributed by atoms with E-state index in [1.807, 2.05) is 0 Å². The average molecular weight is 564 g/mol. The third kappa shape index (κ3) is 4.97. The summed E-state index contributed by atoms with van der Waals surface area (Å²) < 4.78 is 46.8. The van der Waals surface area contributed by atoms with Crippen LogP contribution in [-0.4, -0.2) is 70.4 Å². The summed E-state index contributed by atoms with van der Waals surface area (Å²) >= 11 is 2.28. The van der Waals surface area contributed by atoms with Gasteiger partial charge in [0.1, 0.15) is 11.4 Å². The number of nitrogens with one attached hydrogen (secondary N) is 1. The SMILES string of the molecule is Nc1nc(C(=NO)C(=O)NC2C(=O)N3C(OC(=O)O)=C(C=Cc4cnc(C(F)(F)F)s4)CS[C@@H]23)ns1. The van der Waals surface area contributed by atoms with E-state index < -0.39 is 46.3 Å². The fourth-order valence-electron chi connectivity index (χ4n) is 3.10. The van der Waals surface area contributed by atoms with Crippen LogP contribution in [0.1, 0.15) is 15.7 Å². The van der Waals surface area contributed by atoms with Crippen LogP contribution in [0.2, 0.25) is 0 Å². The number of amides is 2. The monoisotopic (exact) mass is 563 g/mol. The van der Waals surface area contributed by atoms with Gasteiger partial charge >= 0.3 is 12.3 Å². The second kappa shape index (κ2) is 9.74. The van der Waals surface area contributed by atoms with E-state index in [0.717, 1.165) is 34.4 Å². The number of anilines is 1. The van der Waals surface area contributed by atoms with Crippen LogP contribution in [-0.2, 0) is 20.5 Å². The molecule has 13 nitrogen and oxygen atoms in total. The van der Waals surface area contributed by atoms with Gasteiger partial charge in [0.05, 0.1) is 0 Å². The number of β-lactam (4-membered cyclic amide) rings is 1. The van der Waals surface area contributed by atoms with Crippen LogP contribution in [0.5, 0.6) is 0 Å². The highest BCUT2D eigenvalue weighted by Crippen LogP contribution is 2.41. The molecule has 190 valence electrons. The number of fused-ring (bicyclic) bond motifs is 1. The van der Waals surface area contributed by atoms with Gasteiger partial charge in [0.2, 0.25) is 17.4 Å². The van der Waals surface area contributed by atoms with Gasteiger partial charge in [-0.05, 0) is 6.08 Å². The van der Waals surface area contributed by atoms with Crippen LogP contribution >= 0.6 is 34.6 Å². The summed E-state index contributed by atoms with van der Waals surface area (Å²) in [6.45, 7) is 0. The minimum absolute atomic E-state index is 0.0156. The van der Waals surface area contributed by atoms with Gasteiger partial charge in [0, 0.05) is 33.9 Å². The number of aromatic nitrogens is 3. The normalized spacial score (nSPS) is 20.4. The Bertz CT molecular complexity index is 1320. The summed E-state index contributed by atoms with van der Waals surface area (Å²) in [5.74, 6) is -2.21. The molecule has 0 aromatic carbocycles. The first-order valence-corrected chi connectivity index (χ1v) is 12.1. The summed E-state index contributed by atoms with van der Waals surface area (Å²) in [4.78, 5) is 44.7. The van der Waals surface area contributed by atoms with Crippen LogP contribution in [0.4, 0.5) is 23.1 Å². The van der Waals surface area contributed by atoms with Crippen molar-refractivity contribution in [2.45, 2.75) is 17.6 Å². The van der Waals surface area contributed by atoms with Crippen molar-refractivity contribution in [2.75, 3.05) is 11.5 Å². The van der Waals surface area contributed by atoms with Crippen molar-refractivity contribution < 1.29 is 42.6 Å². The summed E-state index contributed by atoms with van der Waals surface area (Å²) in [7, 11) is 0. The molecule has 2 aliphatic heterocycles. The molecule has 4 heterocycles. The molecular formula is C17H12F3N7O6S3. The maximum Gasteiger partial charge on any atom is 0.512 e. The minimum Gasteiger partial charge on any atom is -0.449 e. The van der Waals surface area contributed by atoms with Crippen molar-refractivity contribution >= 4 is 69.5 Å². The summed E-state index contributed by atoms with van der Waals surface area (Å²) in [5, 5.41) is 21.7. The van der Waals surface area contributed by atoms with Gasteiger partial charge in [-0.25, -0.2) is 9.78 Å². The first-order valence-electron chi connectivity index (χ1n) is 9.41. The largest absolute Gasteiger partial charge is 0.512 e. The average Bonchev–Trinajstić information content (AvgIpc) is 3.45. The number of allylic oxidation sites excluding steroid dienone is 1. The number of rotatable bonds is 6. The van der Waals surface area contributed by atoms with Crippen molar-refractivity contribution in [3.05, 3.63) is 39.4 Å². The second-order valence-electron chi connectivity index (χ2n) is 6.86. The molecule has 36 heavy (non-hydrogen) atoms. The van der Waals surface area contributed by atoms with E-state index in [2.05, 4.69) is 24.8 Å². The predicted octanol–water partition coefficient (Wildman–Crippen LogP) is 1.79. The Morgan fingerprint density at radius 3 is 2.69 bits per heavy atom. The van der Waals surface area contributed by atoms with Gasteiger partial charge in [0.15, 0.2) is 10.1 Å². The van der Waals surface area contributed by atoms with E-state index in [0.29, 0.717) is 11.3 Å². The van der Waals surface area contributed by atoms with Crippen molar-refractivity contribution in [2.24, 2.45) is 5.16 Å². The highest BCUT2D eigenvalue weighted by atomic mass is 32.2. The molecule has 0 aliphatic carbocycles. The van der Waals surface area contributed by atoms with Crippen LogP contribution in [0.3, 0.4) is 0 Å². The zero-order valence-electron chi connectivity index (χ0n) is 17.3. The molecule has 2 aromatic heterocycles. The van der Waals surface area contributed by atoms with Gasteiger partial charge in [-0.15, -0.1) is 23.1 Å². The van der Waals surface area contributed by atoms with Crippen molar-refractivity contribution in [1.82, 2.24) is 24.6 Å². The van der Waals surface area contributed by atoms with Gasteiger partial charge in [0.25, 0.3) is 11.8 Å². The van der Waals surface area contributed by atoms with Crippen LogP contribution in [0, 0.1) is 0 Å². The van der Waals surface area contributed by atoms with E-state index >= 15 is 0 Å². The maximum atomic E-state index is 12.8. The Balaban J connectivity index is 1.53. The topological polar surface area (TPSA) is 193 Å². The van der Waals surface area contributed by atoms with Crippen molar-refractivity contribution in [1.29, 1.82) is 0 Å². The number of ether oxygens (including phenoxy) is 1. The number of thioether (sulfide) groups is 1. The Hall–Kier alpha value is -3.71. The number of hydrogen-bond acceptors (Lipinski definition) is 13. The van der Waals surface area contributed by atoms with Gasteiger partial charge in [-0.3, -0.25) is 14.5 Å². The lowest BCUT2D eigenvalue weighted by molar-refractivity contribution is -0.148. The summed E-state index contributed by atoms with van der Waals surface area (Å²) in [6.07, 6.45) is -2.71. The lowest BCUT2D eigenvalue weighted by Crippen LogP contribution is -2.70. The number of nitrogen functional groups attached to an aromatic ring is 1. The van der Waals surface area contributed by atoms with Gasteiger partial charge in [-0.1, -0.05) is 11.2 Å². The molecule has 1 saturated heterocycles. The lowest BCUT2D eigenvalue weighted by atomic mass is 10.1. The first-order chi connectivity index (χ1) is 17.0. The van der Waals surface area contributed by atoms with Crippen LogP contribution in [0.25, 0.3) is 6.08 Å². The van der Waals surface area contributed by atoms with Crippen LogP contribution < -0.4 is 11.1 Å². The number of hydrogen-bond donors (Lipinski definition) is 4. The standard InChI is InChI=1S/C17H12F3N7O6S3/c18-17(19,20)14-22-3-6(35-14)2-1-5-4-34-13-8(11(29)27(13)12(5)33-16(30)31)23-10(28)7(25-32)9-24-15(21)36-26-9/h1-3,8,13,32H,4H2,(H,23,28)(H,30,31)(H2,21,24,26)/t8?,13-/m0/s1. The number of carbonyl (C=O) groups excluding carboxylic acids is 2. The Morgan fingerprint density at radius 1 is 1.36 bits per heavy atom. The molecule has 0 radical (unpaired) electrons. The fraction of sp³-hybridized carbons (Fsp3) is 0.235. The number of halogens is 3. The number of nitrogens with two attached hydrogens (primary N) is 1. The smallest absolute Gasteiger partial charge is 0.449 e. The maximum absolute atomic E-state index is 12.8. The Kier molecular flexibility index (Phi) is 6.87. The molecule has 2 atom stereocenters. The van der Waals surface area contributed by atoms with Crippen molar-refractivity contribution in [3.63, 3.8) is 0 Å². The predicted molar refractivity (Wildman–Crippen MR) is 120 cm³/mol. The molecular weight excluding hydrogens is 551 g/mol. The lowest BCUT2D eigenvalue weighted by Gasteiger charge is -2.48. The van der Waals surface area contributed by atoms with E-state index in [9.17, 15) is 32.8 Å². The Labute approximate surface area is 210 Å². The highest BCUT2D eigenvalue weighted by molar-refractivity contribution is 8.00. The van der Waals surface area contributed by atoms with E-state index in [1.165, 1.54) is 12.2 Å². The molecule has 0 saturated carbocycles. The molecule has 2 aromatic rings. The van der Waals surface area contributed by atoms with Crippen LogP contribution in [0.15, 0.2) is 28.9 Å². The summed E-state index contributed by atoms with van der Waals surface area (Å²) in [5.41, 5.74) is 5.08. The molecule has 2 aliphatic rings. The number of nitrogens with zero attached hydrogens (tertiary/aromatic N) is 5. The number of carboxylic acid groups (broad SMARTS) is 1. The summed E-state index contributed by atoms with van der Waals surface area (Å²) in [6, 6.07) is -1.14. The molecule has 2 amide bonds. The molecule has 1 unspecified atom stereocenters. The molecule has 5 N–H and O–H groups in total. The number of oxime groups is 1. The third-order valence-electron chi connectivity index (χ3n) is 4.60. The molecule has 19 heteroatoms. The number of carbonyl (C=O) groups is 3. The van der Waals surface area contributed by atoms with Gasteiger partial charge in [-0.2, -0.15) is 22.5 Å². The number of alkyl halides is 3. The molecule has 0 spiro atoms. The minimum atomic E-state index is -4.60. The zero-order chi connectivity index (χ0) is 26.2. The third-order valence-corrected chi connectivity index (χ3v) is 7.45. The van der Waals surface area contributed by atoms with Crippen molar-refractivity contribution in [3.8, 4) is 0 Å². The highest BCUT2D eigenvalue weighted by Gasteiger charge is 2.54. The zero-order valence-corrected chi connectivity index (χ0v) is 19.7. The molecule has 1 fully saturated rings. The second-order valence-corrected chi connectivity index (χ2v) is 9.81. The number of thiazole rings is 1.